The third kappa shape index (κ3) is 2.79. The van der Waals surface area contributed by atoms with Crippen LogP contribution in [0.25, 0.3) is 0 Å². The number of carbonyl (C=O) groups excluding carboxylic acids is 1. The van der Waals surface area contributed by atoms with E-state index < -0.39 is 0 Å². The van der Waals surface area contributed by atoms with Crippen molar-refractivity contribution >= 4 is 5.91 Å². The highest BCUT2D eigenvalue weighted by Gasteiger charge is 2.57. The van der Waals surface area contributed by atoms with Crippen LogP contribution < -0.4 is 0 Å². The SMILES string of the molecule is CCCN1CCCCC1C(=O)N1CC[C@@]2(C)c3cccc(O)c3C[C@@H]1C2(C)C. The van der Waals surface area contributed by atoms with E-state index in [-0.39, 0.29) is 22.9 Å². The molecule has 2 fully saturated rings. The van der Waals surface area contributed by atoms with Crippen LogP contribution in [0.15, 0.2) is 18.2 Å². The number of rotatable bonds is 3. The minimum Gasteiger partial charge on any atom is -0.508 e. The van der Waals surface area contributed by atoms with Crippen molar-refractivity contribution in [2.75, 3.05) is 19.6 Å². The Morgan fingerprint density at radius 1 is 1.21 bits per heavy atom. The van der Waals surface area contributed by atoms with Crippen LogP contribution in [-0.2, 0) is 16.6 Å². The summed E-state index contributed by atoms with van der Waals surface area (Å²) in [6, 6.07) is 6.14. The number of hydrogen-bond donors (Lipinski definition) is 1. The molecule has 1 unspecified atom stereocenters. The molecule has 154 valence electrons. The predicted molar refractivity (Wildman–Crippen MR) is 113 cm³/mol. The molecule has 4 heteroatoms. The zero-order valence-electron chi connectivity index (χ0n) is 18.0. The summed E-state index contributed by atoms with van der Waals surface area (Å²) in [5.74, 6) is 0.718. The monoisotopic (exact) mass is 384 g/mol. The lowest BCUT2D eigenvalue weighted by Gasteiger charge is -2.61. The summed E-state index contributed by atoms with van der Waals surface area (Å²) in [6.07, 6.45) is 6.16. The Labute approximate surface area is 169 Å². The minimum atomic E-state index is -0.0219. The van der Waals surface area contributed by atoms with E-state index in [0.29, 0.717) is 11.7 Å². The van der Waals surface area contributed by atoms with Crippen molar-refractivity contribution in [3.8, 4) is 5.75 Å². The highest BCUT2D eigenvalue weighted by Crippen LogP contribution is 2.57. The Morgan fingerprint density at radius 2 is 2.00 bits per heavy atom. The topological polar surface area (TPSA) is 43.8 Å². The van der Waals surface area contributed by atoms with Crippen molar-refractivity contribution in [2.45, 2.75) is 83.7 Å². The van der Waals surface area contributed by atoms with Crippen LogP contribution in [0, 0.1) is 5.41 Å². The number of aromatic hydroxyl groups is 1. The number of carbonyl (C=O) groups is 1. The van der Waals surface area contributed by atoms with Crippen LogP contribution in [0.2, 0.25) is 0 Å². The molecule has 1 aromatic carbocycles. The summed E-state index contributed by atoms with van der Waals surface area (Å²) >= 11 is 0. The summed E-state index contributed by atoms with van der Waals surface area (Å²) in [4.78, 5) is 18.4. The second-order valence-electron chi connectivity index (χ2n) is 9.91. The van der Waals surface area contributed by atoms with E-state index in [9.17, 15) is 9.90 Å². The lowest BCUT2D eigenvalue weighted by atomic mass is 9.51. The maximum Gasteiger partial charge on any atom is 0.240 e. The van der Waals surface area contributed by atoms with Gasteiger partial charge in [-0.15, -0.1) is 0 Å². The molecule has 3 aliphatic rings. The van der Waals surface area contributed by atoms with Crippen molar-refractivity contribution < 1.29 is 9.90 Å². The molecule has 2 bridgehead atoms. The number of phenolic OH excluding ortho intramolecular Hbond substituents is 1. The van der Waals surface area contributed by atoms with Gasteiger partial charge in [-0.05, 0) is 67.8 Å². The lowest BCUT2D eigenvalue weighted by Crippen LogP contribution is -2.67. The van der Waals surface area contributed by atoms with Gasteiger partial charge in [0.15, 0.2) is 0 Å². The first-order valence-electron chi connectivity index (χ1n) is 11.2. The van der Waals surface area contributed by atoms with Crippen LogP contribution in [0.1, 0.15) is 70.9 Å². The normalized spacial score (nSPS) is 32.1. The van der Waals surface area contributed by atoms with Gasteiger partial charge >= 0.3 is 0 Å². The second kappa shape index (κ2) is 7.05. The van der Waals surface area contributed by atoms with Gasteiger partial charge in [0, 0.05) is 18.0 Å². The van der Waals surface area contributed by atoms with E-state index in [2.05, 4.69) is 43.6 Å². The largest absolute Gasteiger partial charge is 0.508 e. The average Bonchev–Trinajstić information content (AvgIpc) is 2.66. The number of amides is 1. The Hall–Kier alpha value is -1.55. The van der Waals surface area contributed by atoms with Crippen molar-refractivity contribution in [1.82, 2.24) is 9.80 Å². The number of nitrogens with zero attached hydrogens (tertiary/aromatic N) is 2. The van der Waals surface area contributed by atoms with E-state index in [1.807, 2.05) is 6.07 Å². The molecule has 3 atom stereocenters. The molecule has 1 aromatic rings. The van der Waals surface area contributed by atoms with Crippen LogP contribution in [0.4, 0.5) is 0 Å². The third-order valence-corrected chi connectivity index (χ3v) is 8.32. The molecular weight excluding hydrogens is 348 g/mol. The molecule has 28 heavy (non-hydrogen) atoms. The fraction of sp³-hybridized carbons (Fsp3) is 0.708. The van der Waals surface area contributed by atoms with Crippen LogP contribution in [0.5, 0.6) is 5.75 Å². The van der Waals surface area contributed by atoms with Gasteiger partial charge < -0.3 is 10.0 Å². The molecule has 0 radical (unpaired) electrons. The fourth-order valence-electron chi connectivity index (χ4n) is 6.21. The average molecular weight is 385 g/mol. The maximum atomic E-state index is 13.7. The Kier molecular flexibility index (Phi) is 4.97. The highest BCUT2D eigenvalue weighted by molar-refractivity contribution is 5.83. The van der Waals surface area contributed by atoms with Gasteiger partial charge in [-0.25, -0.2) is 0 Å². The number of phenols is 1. The quantitative estimate of drug-likeness (QED) is 0.853. The summed E-state index contributed by atoms with van der Waals surface area (Å²) < 4.78 is 0. The van der Waals surface area contributed by atoms with E-state index in [1.165, 1.54) is 12.0 Å². The summed E-state index contributed by atoms with van der Waals surface area (Å²) in [5.41, 5.74) is 2.30. The standard InChI is InChI=1S/C24H36N2O2/c1-5-13-25-14-7-6-10-19(25)22(28)26-15-12-24(4)18-9-8-11-20(27)17(18)16-21(26)23(24,2)3/h8-9,11,19,21,27H,5-7,10,12-16H2,1-4H3/t19?,21-,24+/m1/s1. The van der Waals surface area contributed by atoms with Crippen LogP contribution in [0.3, 0.4) is 0 Å². The smallest absolute Gasteiger partial charge is 0.240 e. The number of benzene rings is 1. The molecule has 0 spiro atoms. The molecule has 2 saturated heterocycles. The first kappa shape index (κ1) is 19.8. The second-order valence-corrected chi connectivity index (χ2v) is 9.91. The summed E-state index contributed by atoms with van der Waals surface area (Å²) in [6.45, 7) is 12.1. The third-order valence-electron chi connectivity index (χ3n) is 8.32. The molecule has 1 N–H and O–H groups in total. The summed E-state index contributed by atoms with van der Waals surface area (Å²) in [5, 5.41) is 10.6. The van der Waals surface area contributed by atoms with E-state index >= 15 is 0 Å². The van der Waals surface area contributed by atoms with Crippen LogP contribution >= 0.6 is 0 Å². The molecule has 0 aromatic heterocycles. The first-order valence-corrected chi connectivity index (χ1v) is 11.2. The molecule has 1 aliphatic carbocycles. The van der Waals surface area contributed by atoms with E-state index in [1.54, 1.807) is 6.07 Å². The number of likely N-dealkylation sites (tertiary alicyclic amines) is 2. The fourth-order valence-corrected chi connectivity index (χ4v) is 6.21. The number of hydrogen-bond acceptors (Lipinski definition) is 3. The highest BCUT2D eigenvalue weighted by atomic mass is 16.3. The minimum absolute atomic E-state index is 0.0174. The Balaban J connectivity index is 1.69. The molecule has 4 nitrogen and oxygen atoms in total. The Bertz CT molecular complexity index is 757. The molecule has 0 saturated carbocycles. The molecule has 1 amide bonds. The maximum absolute atomic E-state index is 13.7. The molecule has 2 heterocycles. The van der Waals surface area contributed by atoms with Gasteiger partial charge in [-0.3, -0.25) is 9.69 Å². The molecule has 2 aliphatic heterocycles. The van der Waals surface area contributed by atoms with Gasteiger partial charge in [0.05, 0.1) is 6.04 Å². The van der Waals surface area contributed by atoms with Crippen LogP contribution in [-0.4, -0.2) is 52.5 Å². The van der Waals surface area contributed by atoms with Crippen molar-refractivity contribution in [3.63, 3.8) is 0 Å². The van der Waals surface area contributed by atoms with Gasteiger partial charge in [0.25, 0.3) is 0 Å². The van der Waals surface area contributed by atoms with Gasteiger partial charge in [0.2, 0.25) is 5.91 Å². The van der Waals surface area contributed by atoms with Crippen molar-refractivity contribution in [1.29, 1.82) is 0 Å². The van der Waals surface area contributed by atoms with E-state index in [4.69, 9.17) is 0 Å². The summed E-state index contributed by atoms with van der Waals surface area (Å²) in [7, 11) is 0. The first-order chi connectivity index (χ1) is 13.3. The van der Waals surface area contributed by atoms with Gasteiger partial charge in [0.1, 0.15) is 5.75 Å². The number of piperidine rings is 2. The van der Waals surface area contributed by atoms with Crippen molar-refractivity contribution in [3.05, 3.63) is 29.3 Å². The van der Waals surface area contributed by atoms with Gasteiger partial charge in [-0.2, -0.15) is 0 Å². The predicted octanol–water partition coefficient (Wildman–Crippen LogP) is 4.10. The zero-order chi connectivity index (χ0) is 20.1. The molecule has 4 rings (SSSR count). The number of fused-ring (bicyclic) bond motifs is 4. The lowest BCUT2D eigenvalue weighted by molar-refractivity contribution is -0.150. The zero-order valence-corrected chi connectivity index (χ0v) is 18.0. The Morgan fingerprint density at radius 3 is 2.75 bits per heavy atom. The van der Waals surface area contributed by atoms with Gasteiger partial charge in [-0.1, -0.05) is 46.2 Å². The van der Waals surface area contributed by atoms with E-state index in [0.717, 1.165) is 57.3 Å². The molecular formula is C24H36N2O2. The van der Waals surface area contributed by atoms with Crippen molar-refractivity contribution in [2.24, 2.45) is 5.41 Å².